The van der Waals surface area contributed by atoms with Crippen molar-refractivity contribution in [1.82, 2.24) is 0 Å². The van der Waals surface area contributed by atoms with Gasteiger partial charge in [-0.15, -0.1) is 0 Å². The van der Waals surface area contributed by atoms with Crippen molar-refractivity contribution in [2.75, 3.05) is 6.61 Å². The molecule has 11 heteroatoms. The Morgan fingerprint density at radius 1 is 1.06 bits per heavy atom. The summed E-state index contributed by atoms with van der Waals surface area (Å²) in [4.78, 5) is 24.1. The van der Waals surface area contributed by atoms with E-state index in [2.05, 4.69) is 0 Å². The summed E-state index contributed by atoms with van der Waals surface area (Å²) in [5.41, 5.74) is -2.80. The lowest BCUT2D eigenvalue weighted by Crippen LogP contribution is -2.41. The Kier molecular flexibility index (Phi) is 7.85. The van der Waals surface area contributed by atoms with Crippen LogP contribution in [0.1, 0.15) is 23.1 Å². The minimum atomic E-state index is -4.59. The van der Waals surface area contributed by atoms with Gasteiger partial charge in [0.15, 0.2) is 11.5 Å². The lowest BCUT2D eigenvalue weighted by atomic mass is 9.88. The lowest BCUT2D eigenvalue weighted by Gasteiger charge is -2.27. The molecule has 0 N–H and O–H groups in total. The third-order valence-electron chi connectivity index (χ3n) is 5.15. The number of aryl methyl sites for hydroxylation is 1. The van der Waals surface area contributed by atoms with Crippen LogP contribution in [0.15, 0.2) is 66.7 Å². The van der Waals surface area contributed by atoms with E-state index in [1.165, 1.54) is 30.3 Å². The fourth-order valence-corrected chi connectivity index (χ4v) is 3.61. The summed E-state index contributed by atoms with van der Waals surface area (Å²) in [5.74, 6) is -1.16. The average Bonchev–Trinajstić information content (AvgIpc) is 2.83. The van der Waals surface area contributed by atoms with Gasteiger partial charge >= 0.3 is 11.9 Å². The Hall–Kier alpha value is -4.10. The van der Waals surface area contributed by atoms with Crippen LogP contribution in [-0.2, 0) is 16.6 Å². The number of rotatable bonds is 9. The van der Waals surface area contributed by atoms with Gasteiger partial charge in [0.25, 0.3) is 5.60 Å². The molecule has 0 heterocycles. The number of nitrogens with zero attached hydrogens (tertiary/aromatic N) is 2. The molecule has 3 aromatic rings. The van der Waals surface area contributed by atoms with Crippen LogP contribution >= 0.6 is 11.6 Å². The topological polar surface area (TPSA) is 102 Å². The van der Waals surface area contributed by atoms with Gasteiger partial charge < -0.3 is 9.47 Å². The molecule has 0 radical (unpaired) electrons. The maximum Gasteiger partial charge on any atom is 0.416 e. The first kappa shape index (κ1) is 26.5. The van der Waals surface area contributed by atoms with Gasteiger partial charge in [-0.25, -0.2) is 0 Å². The highest BCUT2D eigenvalue weighted by molar-refractivity contribution is 6.32. The molecule has 7 nitrogen and oxygen atoms in total. The number of ketones is 1. The normalized spacial score (nSPS) is 12.8. The third kappa shape index (κ3) is 5.75. The first-order chi connectivity index (χ1) is 17.0. The van der Waals surface area contributed by atoms with Crippen molar-refractivity contribution in [3.8, 4) is 17.6 Å². The van der Waals surface area contributed by atoms with Crippen LogP contribution in [0.25, 0.3) is 0 Å². The van der Waals surface area contributed by atoms with Gasteiger partial charge in [0.1, 0.15) is 11.8 Å². The van der Waals surface area contributed by atoms with Crippen LogP contribution in [0.3, 0.4) is 0 Å². The molecule has 3 rings (SSSR count). The second-order valence-corrected chi connectivity index (χ2v) is 8.06. The van der Waals surface area contributed by atoms with Gasteiger partial charge in [0, 0.05) is 18.1 Å². The van der Waals surface area contributed by atoms with Crippen molar-refractivity contribution in [2.45, 2.75) is 25.1 Å². The predicted octanol–water partition coefficient (Wildman–Crippen LogP) is 6.41. The Balaban J connectivity index is 1.90. The summed E-state index contributed by atoms with van der Waals surface area (Å²) in [6.07, 6.45) is -5.00. The number of ether oxygens (including phenoxy) is 2. The monoisotopic (exact) mass is 518 g/mol. The van der Waals surface area contributed by atoms with Gasteiger partial charge in [-0.3, -0.25) is 14.9 Å². The van der Waals surface area contributed by atoms with Crippen LogP contribution in [-0.4, -0.2) is 17.3 Å². The van der Waals surface area contributed by atoms with Crippen molar-refractivity contribution < 1.29 is 32.4 Å². The summed E-state index contributed by atoms with van der Waals surface area (Å²) >= 11 is 5.88. The molecular weight excluding hydrogens is 501 g/mol. The molecule has 0 aromatic heterocycles. The van der Waals surface area contributed by atoms with E-state index < -0.39 is 40.2 Å². The highest BCUT2D eigenvalue weighted by Gasteiger charge is 2.44. The number of nitriles is 1. The second kappa shape index (κ2) is 10.7. The first-order valence-electron chi connectivity index (χ1n) is 10.4. The van der Waals surface area contributed by atoms with Crippen LogP contribution in [0.2, 0.25) is 5.02 Å². The number of carbonyl (C=O) groups is 1. The summed E-state index contributed by atoms with van der Waals surface area (Å²) in [6.45, 7) is 1.39. The SMILES string of the molecule is Cc1cccc(C(C#N)(Oc2ccccc2[N+](=O)[O-])C(=O)CCOc2ccc(C(F)(F)F)cc2Cl)c1. The predicted molar refractivity (Wildman–Crippen MR) is 124 cm³/mol. The van der Waals surface area contributed by atoms with Crippen LogP contribution in [0, 0.1) is 28.4 Å². The van der Waals surface area contributed by atoms with E-state index in [0.29, 0.717) is 11.6 Å². The average molecular weight is 519 g/mol. The van der Waals surface area contributed by atoms with Gasteiger partial charge in [0.05, 0.1) is 22.1 Å². The number of hydrogen-bond acceptors (Lipinski definition) is 6. The molecule has 3 aromatic carbocycles. The molecule has 0 fully saturated rings. The largest absolute Gasteiger partial charge is 0.492 e. The second-order valence-electron chi connectivity index (χ2n) is 7.65. The number of Topliss-reactive ketones (excluding diaryl/α,β-unsaturated/α-hetero) is 1. The molecule has 0 saturated carbocycles. The summed E-state index contributed by atoms with van der Waals surface area (Å²) < 4.78 is 49.7. The fraction of sp³-hybridized carbons (Fsp3) is 0.200. The van der Waals surface area contributed by atoms with Crippen LogP contribution in [0.5, 0.6) is 11.5 Å². The van der Waals surface area contributed by atoms with Gasteiger partial charge in [0.2, 0.25) is 0 Å². The van der Waals surface area contributed by atoms with Crippen molar-refractivity contribution in [1.29, 1.82) is 5.26 Å². The molecule has 0 aliphatic heterocycles. The van der Waals surface area contributed by atoms with E-state index >= 15 is 0 Å². The molecule has 36 heavy (non-hydrogen) atoms. The van der Waals surface area contributed by atoms with E-state index in [-0.39, 0.29) is 28.7 Å². The Morgan fingerprint density at radius 2 is 1.78 bits per heavy atom. The Labute approximate surface area is 208 Å². The van der Waals surface area contributed by atoms with E-state index in [4.69, 9.17) is 21.1 Å². The summed E-state index contributed by atoms with van der Waals surface area (Å²) in [5, 5.41) is 21.3. The fourth-order valence-electron chi connectivity index (χ4n) is 3.37. The highest BCUT2D eigenvalue weighted by atomic mass is 35.5. The highest BCUT2D eigenvalue weighted by Crippen LogP contribution is 2.37. The number of nitro benzene ring substituents is 1. The number of benzene rings is 3. The molecule has 186 valence electrons. The molecule has 1 unspecified atom stereocenters. The van der Waals surface area contributed by atoms with E-state index in [1.807, 2.05) is 6.07 Å². The van der Waals surface area contributed by atoms with Gasteiger partial charge in [-0.2, -0.15) is 18.4 Å². The number of para-hydroxylation sites is 2. The first-order valence-corrected chi connectivity index (χ1v) is 10.8. The van der Waals surface area contributed by atoms with Gasteiger partial charge in [-0.1, -0.05) is 53.6 Å². The maximum absolute atomic E-state index is 13.4. The standard InChI is InChI=1S/C25H18ClF3N2O5/c1-16-5-4-6-17(13-16)24(15-30,36-22-8-3-2-7-20(22)31(33)34)23(32)11-12-35-21-10-9-18(14-19(21)26)25(27,28)29/h2-10,13-14H,11-12H2,1H3. The van der Waals surface area contributed by atoms with E-state index in [1.54, 1.807) is 25.1 Å². The van der Waals surface area contributed by atoms with Gasteiger partial charge in [-0.05, 0) is 31.2 Å². The van der Waals surface area contributed by atoms with Crippen LogP contribution in [0.4, 0.5) is 18.9 Å². The molecular formula is C25H18ClF3N2O5. The van der Waals surface area contributed by atoms with E-state index in [0.717, 1.165) is 12.1 Å². The van der Waals surface area contributed by atoms with Crippen molar-refractivity contribution in [2.24, 2.45) is 0 Å². The smallest absolute Gasteiger partial charge is 0.416 e. The number of halogens is 4. The van der Waals surface area contributed by atoms with E-state index in [9.17, 15) is 33.3 Å². The van der Waals surface area contributed by atoms with Crippen molar-refractivity contribution in [3.05, 3.63) is 98.6 Å². The molecule has 1 atom stereocenters. The minimum absolute atomic E-state index is 0.0878. The molecule has 0 aliphatic rings. The van der Waals surface area contributed by atoms with Crippen molar-refractivity contribution in [3.63, 3.8) is 0 Å². The van der Waals surface area contributed by atoms with Crippen molar-refractivity contribution >= 4 is 23.1 Å². The minimum Gasteiger partial charge on any atom is -0.492 e. The maximum atomic E-state index is 13.4. The number of alkyl halides is 3. The Morgan fingerprint density at radius 3 is 2.39 bits per heavy atom. The number of hydrogen-bond donors (Lipinski definition) is 0. The molecule has 0 saturated heterocycles. The zero-order valence-electron chi connectivity index (χ0n) is 18.7. The quantitative estimate of drug-likeness (QED) is 0.239. The zero-order chi connectivity index (χ0) is 26.5. The lowest BCUT2D eigenvalue weighted by molar-refractivity contribution is -0.386. The molecule has 0 bridgehead atoms. The molecule has 0 spiro atoms. The van der Waals surface area contributed by atoms with Crippen LogP contribution < -0.4 is 9.47 Å². The number of nitro groups is 1. The number of carbonyl (C=O) groups excluding carboxylic acids is 1. The molecule has 0 aliphatic carbocycles. The third-order valence-corrected chi connectivity index (χ3v) is 5.44. The summed E-state index contributed by atoms with van der Waals surface area (Å²) in [7, 11) is 0. The Bertz CT molecular complexity index is 1340. The zero-order valence-corrected chi connectivity index (χ0v) is 19.5. The summed E-state index contributed by atoms with van der Waals surface area (Å²) in [6, 6.07) is 16.0. The molecule has 0 amide bonds.